The van der Waals surface area contributed by atoms with Crippen molar-refractivity contribution in [2.45, 2.75) is 26.9 Å². The van der Waals surface area contributed by atoms with Gasteiger partial charge in [-0.25, -0.2) is 0 Å². The lowest BCUT2D eigenvalue weighted by molar-refractivity contribution is -0.127. The van der Waals surface area contributed by atoms with E-state index in [4.69, 9.17) is 16.3 Å². The van der Waals surface area contributed by atoms with Gasteiger partial charge >= 0.3 is 0 Å². The highest BCUT2D eigenvalue weighted by atomic mass is 35.5. The Kier molecular flexibility index (Phi) is 5.16. The van der Waals surface area contributed by atoms with Crippen LogP contribution in [-0.4, -0.2) is 24.3 Å². The predicted octanol–water partition coefficient (Wildman–Crippen LogP) is 2.45. The fourth-order valence-corrected chi connectivity index (χ4v) is 1.60. The molecule has 0 aliphatic carbocycles. The van der Waals surface area contributed by atoms with Gasteiger partial charge in [-0.05, 0) is 39.0 Å². The number of rotatable bonds is 5. The van der Waals surface area contributed by atoms with Crippen LogP contribution in [0.3, 0.4) is 0 Å². The summed E-state index contributed by atoms with van der Waals surface area (Å²) in [5.74, 6) is 0.116. The van der Waals surface area contributed by atoms with Crippen molar-refractivity contribution < 1.29 is 14.3 Å². The Labute approximate surface area is 111 Å². The van der Waals surface area contributed by atoms with Crippen molar-refractivity contribution in [2.75, 3.05) is 6.54 Å². The van der Waals surface area contributed by atoms with Crippen molar-refractivity contribution in [3.8, 4) is 5.75 Å². The van der Waals surface area contributed by atoms with Crippen molar-refractivity contribution in [2.24, 2.45) is 0 Å². The Morgan fingerprint density at radius 3 is 2.61 bits per heavy atom. The summed E-state index contributed by atoms with van der Waals surface area (Å²) in [6.07, 6.45) is -0.634. The van der Waals surface area contributed by atoms with E-state index in [1.54, 1.807) is 19.1 Å². The molecule has 1 unspecified atom stereocenters. The third-order valence-electron chi connectivity index (χ3n) is 2.36. The van der Waals surface area contributed by atoms with E-state index < -0.39 is 6.10 Å². The molecule has 1 aromatic rings. The van der Waals surface area contributed by atoms with Gasteiger partial charge in [-0.2, -0.15) is 0 Å². The summed E-state index contributed by atoms with van der Waals surface area (Å²) in [4.78, 5) is 22.7. The maximum atomic E-state index is 11.5. The molecular formula is C13H16ClNO3. The van der Waals surface area contributed by atoms with Crippen LogP contribution >= 0.6 is 11.6 Å². The molecule has 0 aliphatic heterocycles. The van der Waals surface area contributed by atoms with Crippen LogP contribution in [0.15, 0.2) is 18.2 Å². The minimum absolute atomic E-state index is 0.0692. The van der Waals surface area contributed by atoms with Crippen molar-refractivity contribution in [3.63, 3.8) is 0 Å². The van der Waals surface area contributed by atoms with Crippen molar-refractivity contribution in [1.82, 2.24) is 5.32 Å². The van der Waals surface area contributed by atoms with E-state index >= 15 is 0 Å². The summed E-state index contributed by atoms with van der Waals surface area (Å²) in [6.45, 7) is 5.48. The highest BCUT2D eigenvalue weighted by Crippen LogP contribution is 2.26. The predicted molar refractivity (Wildman–Crippen MR) is 70.2 cm³/mol. The third kappa shape index (κ3) is 3.74. The normalized spacial score (nSPS) is 11.8. The van der Waals surface area contributed by atoms with Crippen LogP contribution in [0.25, 0.3) is 0 Å². The van der Waals surface area contributed by atoms with Gasteiger partial charge < -0.3 is 10.1 Å². The van der Waals surface area contributed by atoms with E-state index in [2.05, 4.69) is 5.32 Å². The molecule has 1 aromatic carbocycles. The first-order chi connectivity index (χ1) is 8.45. The zero-order valence-corrected chi connectivity index (χ0v) is 11.4. The number of carbonyl (C=O) groups excluding carboxylic acids is 2. The second-order valence-corrected chi connectivity index (χ2v) is 4.26. The lowest BCUT2D eigenvalue weighted by atomic mass is 10.1. The summed E-state index contributed by atoms with van der Waals surface area (Å²) in [5, 5.41) is 2.97. The summed E-state index contributed by atoms with van der Waals surface area (Å²) in [6, 6.07) is 4.74. The molecule has 1 N–H and O–H groups in total. The van der Waals surface area contributed by atoms with E-state index in [9.17, 15) is 9.59 Å². The molecule has 98 valence electrons. The van der Waals surface area contributed by atoms with Gasteiger partial charge in [0.1, 0.15) is 5.75 Å². The molecule has 0 saturated heterocycles. The number of halogens is 1. The molecule has 1 atom stereocenters. The Morgan fingerprint density at radius 1 is 1.44 bits per heavy atom. The van der Waals surface area contributed by atoms with Gasteiger partial charge in [0.2, 0.25) is 0 Å². The van der Waals surface area contributed by atoms with Crippen molar-refractivity contribution >= 4 is 23.3 Å². The lowest BCUT2D eigenvalue weighted by Gasteiger charge is -2.15. The van der Waals surface area contributed by atoms with Crippen LogP contribution in [-0.2, 0) is 4.79 Å². The number of nitrogens with one attached hydrogen (secondary N) is 1. The third-order valence-corrected chi connectivity index (χ3v) is 2.66. The van der Waals surface area contributed by atoms with E-state index in [1.165, 1.54) is 13.0 Å². The van der Waals surface area contributed by atoms with Gasteiger partial charge in [0.25, 0.3) is 5.91 Å². The molecule has 5 heteroatoms. The Balaban J connectivity index is 2.79. The minimum atomic E-state index is -0.634. The molecule has 18 heavy (non-hydrogen) atoms. The number of carbonyl (C=O) groups is 2. The van der Waals surface area contributed by atoms with E-state index in [0.29, 0.717) is 22.9 Å². The summed E-state index contributed by atoms with van der Waals surface area (Å²) in [7, 11) is 0. The molecule has 4 nitrogen and oxygen atoms in total. The fraction of sp³-hybridized carbons (Fsp3) is 0.385. The molecule has 0 aromatic heterocycles. The number of Topliss-reactive ketones (excluding diaryl/α,β-unsaturated/α-hetero) is 1. The number of ether oxygens (including phenoxy) is 1. The monoisotopic (exact) mass is 269 g/mol. The first-order valence-electron chi connectivity index (χ1n) is 5.70. The van der Waals surface area contributed by atoms with E-state index in [0.717, 1.165) is 0 Å². The standard InChI is InChI=1S/C13H16ClNO3/c1-4-15-13(17)9(3)18-12-6-5-10(8(2)16)7-11(12)14/h5-7,9H,4H2,1-3H3,(H,15,17). The Bertz CT molecular complexity index is 460. The Morgan fingerprint density at radius 2 is 2.11 bits per heavy atom. The largest absolute Gasteiger partial charge is 0.479 e. The molecule has 0 bridgehead atoms. The van der Waals surface area contributed by atoms with Crippen LogP contribution in [0.2, 0.25) is 5.02 Å². The molecule has 0 spiro atoms. The number of benzene rings is 1. The zero-order chi connectivity index (χ0) is 13.7. The van der Waals surface area contributed by atoms with Gasteiger partial charge in [-0.1, -0.05) is 11.6 Å². The smallest absolute Gasteiger partial charge is 0.260 e. The van der Waals surface area contributed by atoms with Gasteiger partial charge in [0, 0.05) is 12.1 Å². The van der Waals surface area contributed by atoms with Crippen LogP contribution < -0.4 is 10.1 Å². The molecular weight excluding hydrogens is 254 g/mol. The van der Waals surface area contributed by atoms with E-state index in [-0.39, 0.29) is 11.7 Å². The number of hydrogen-bond donors (Lipinski definition) is 1. The average molecular weight is 270 g/mol. The second kappa shape index (κ2) is 6.40. The SMILES string of the molecule is CCNC(=O)C(C)Oc1ccc(C(C)=O)cc1Cl. The maximum absolute atomic E-state index is 11.5. The number of amides is 1. The molecule has 0 aliphatic rings. The highest BCUT2D eigenvalue weighted by Gasteiger charge is 2.15. The van der Waals surface area contributed by atoms with Gasteiger partial charge in [0.05, 0.1) is 5.02 Å². The first kappa shape index (κ1) is 14.5. The number of hydrogen-bond acceptors (Lipinski definition) is 3. The Hall–Kier alpha value is -1.55. The maximum Gasteiger partial charge on any atom is 0.260 e. The van der Waals surface area contributed by atoms with Crippen LogP contribution in [0, 0.1) is 0 Å². The average Bonchev–Trinajstić information content (AvgIpc) is 2.31. The number of likely N-dealkylation sites (N-methyl/N-ethyl adjacent to an activating group) is 1. The van der Waals surface area contributed by atoms with Crippen LogP contribution in [0.5, 0.6) is 5.75 Å². The second-order valence-electron chi connectivity index (χ2n) is 3.86. The highest BCUT2D eigenvalue weighted by molar-refractivity contribution is 6.32. The molecule has 0 fully saturated rings. The minimum Gasteiger partial charge on any atom is -0.479 e. The quantitative estimate of drug-likeness (QED) is 0.836. The van der Waals surface area contributed by atoms with Crippen LogP contribution in [0.4, 0.5) is 0 Å². The van der Waals surface area contributed by atoms with Crippen molar-refractivity contribution in [3.05, 3.63) is 28.8 Å². The molecule has 0 radical (unpaired) electrons. The zero-order valence-electron chi connectivity index (χ0n) is 10.6. The molecule has 1 amide bonds. The van der Waals surface area contributed by atoms with Crippen molar-refractivity contribution in [1.29, 1.82) is 0 Å². The summed E-state index contributed by atoms with van der Waals surface area (Å²) >= 11 is 5.99. The summed E-state index contributed by atoms with van der Waals surface area (Å²) in [5.41, 5.74) is 0.512. The van der Waals surface area contributed by atoms with Gasteiger partial charge in [0.15, 0.2) is 11.9 Å². The van der Waals surface area contributed by atoms with Gasteiger partial charge in [-0.3, -0.25) is 9.59 Å². The molecule has 0 saturated carbocycles. The summed E-state index contributed by atoms with van der Waals surface area (Å²) < 4.78 is 5.44. The lowest BCUT2D eigenvalue weighted by Crippen LogP contribution is -2.36. The van der Waals surface area contributed by atoms with Crippen LogP contribution in [0.1, 0.15) is 31.1 Å². The first-order valence-corrected chi connectivity index (χ1v) is 6.08. The van der Waals surface area contributed by atoms with E-state index in [1.807, 2.05) is 6.92 Å². The number of ketones is 1. The molecule has 1 rings (SSSR count). The topological polar surface area (TPSA) is 55.4 Å². The van der Waals surface area contributed by atoms with Gasteiger partial charge in [-0.15, -0.1) is 0 Å². The molecule has 0 heterocycles. The fourth-order valence-electron chi connectivity index (χ4n) is 1.38.